The van der Waals surface area contributed by atoms with Crippen LogP contribution in [0.25, 0.3) is 5.65 Å². The molecule has 4 nitrogen and oxygen atoms in total. The van der Waals surface area contributed by atoms with E-state index in [2.05, 4.69) is 4.98 Å². The molecule has 16 heavy (non-hydrogen) atoms. The highest BCUT2D eigenvalue weighted by molar-refractivity contribution is 5.99. The van der Waals surface area contributed by atoms with E-state index in [0.29, 0.717) is 5.69 Å². The van der Waals surface area contributed by atoms with Gasteiger partial charge in [-0.05, 0) is 26.0 Å². The quantitative estimate of drug-likeness (QED) is 0.778. The largest absolute Gasteiger partial charge is 0.321 e. The molecule has 0 bridgehead atoms. The van der Waals surface area contributed by atoms with Crippen LogP contribution < -0.4 is 5.73 Å². The topological polar surface area (TPSA) is 60.4 Å². The van der Waals surface area contributed by atoms with Gasteiger partial charge in [-0.1, -0.05) is 0 Å². The molecule has 0 aliphatic heterocycles. The summed E-state index contributed by atoms with van der Waals surface area (Å²) in [7, 11) is 0. The molecule has 5 heteroatoms. The second-order valence-corrected chi connectivity index (χ2v) is 3.75. The van der Waals surface area contributed by atoms with Crippen LogP contribution in [0.15, 0.2) is 18.3 Å². The van der Waals surface area contributed by atoms with E-state index in [1.807, 2.05) is 0 Å². The van der Waals surface area contributed by atoms with E-state index in [0.717, 1.165) is 0 Å². The summed E-state index contributed by atoms with van der Waals surface area (Å²) in [5, 5.41) is 0. The molecule has 0 saturated heterocycles. The lowest BCUT2D eigenvalue weighted by atomic mass is 10.1. The highest BCUT2D eigenvalue weighted by atomic mass is 19.1. The number of nitrogens with zero attached hydrogens (tertiary/aromatic N) is 2. The summed E-state index contributed by atoms with van der Waals surface area (Å²) in [6.45, 7) is 3.30. The maximum absolute atomic E-state index is 13.4. The van der Waals surface area contributed by atoms with E-state index in [1.165, 1.54) is 6.07 Å². The number of imidazole rings is 1. The second kappa shape index (κ2) is 3.68. The molecule has 1 atom stereocenters. The molecule has 0 spiro atoms. The summed E-state index contributed by atoms with van der Waals surface area (Å²) in [6, 6.07) is 2.24. The smallest absolute Gasteiger partial charge is 0.199 e. The Kier molecular flexibility index (Phi) is 2.47. The summed E-state index contributed by atoms with van der Waals surface area (Å²) in [5.74, 6) is -0.727. The second-order valence-electron chi connectivity index (χ2n) is 3.75. The highest BCUT2D eigenvalue weighted by Gasteiger charge is 2.19. The van der Waals surface area contributed by atoms with Crippen LogP contribution in [0.5, 0.6) is 0 Å². The summed E-state index contributed by atoms with van der Waals surface area (Å²) in [5.41, 5.74) is 6.51. The number of aromatic nitrogens is 2. The van der Waals surface area contributed by atoms with Gasteiger partial charge in [-0.2, -0.15) is 0 Å². The molecule has 1 unspecified atom stereocenters. The molecule has 2 N–H and O–H groups in total. The molecule has 2 rings (SSSR count). The molecular formula is C11H12FN3O. The number of ketones is 1. The first kappa shape index (κ1) is 10.8. The molecule has 2 heterocycles. The molecule has 0 aromatic carbocycles. The molecular weight excluding hydrogens is 209 g/mol. The summed E-state index contributed by atoms with van der Waals surface area (Å²) >= 11 is 0. The number of hydrogen-bond donors (Lipinski definition) is 1. The monoisotopic (exact) mass is 221 g/mol. The zero-order valence-electron chi connectivity index (χ0n) is 9.07. The van der Waals surface area contributed by atoms with Crippen molar-refractivity contribution in [3.8, 4) is 0 Å². The lowest BCUT2D eigenvalue weighted by Crippen LogP contribution is -2.27. The van der Waals surface area contributed by atoms with Crippen LogP contribution in [-0.2, 0) is 0 Å². The Morgan fingerprint density at radius 3 is 2.88 bits per heavy atom. The predicted octanol–water partition coefficient (Wildman–Crippen LogP) is 1.31. The number of fused-ring (bicyclic) bond motifs is 1. The van der Waals surface area contributed by atoms with Gasteiger partial charge in [0.2, 0.25) is 0 Å². The zero-order valence-corrected chi connectivity index (χ0v) is 9.07. The van der Waals surface area contributed by atoms with Gasteiger partial charge in [0.05, 0.1) is 11.7 Å². The van der Waals surface area contributed by atoms with Gasteiger partial charge in [0.1, 0.15) is 5.69 Å². The number of aryl methyl sites for hydroxylation is 1. The molecule has 2 aromatic rings. The molecule has 2 aromatic heterocycles. The first-order chi connectivity index (χ1) is 7.52. The molecule has 0 aliphatic rings. The van der Waals surface area contributed by atoms with E-state index < -0.39 is 11.9 Å². The van der Waals surface area contributed by atoms with Gasteiger partial charge in [0.15, 0.2) is 17.2 Å². The van der Waals surface area contributed by atoms with Gasteiger partial charge in [-0.3, -0.25) is 4.79 Å². The van der Waals surface area contributed by atoms with Gasteiger partial charge >= 0.3 is 0 Å². The highest BCUT2D eigenvalue weighted by Crippen LogP contribution is 2.15. The van der Waals surface area contributed by atoms with Crippen LogP contribution in [-0.4, -0.2) is 21.2 Å². The fraction of sp³-hybridized carbons (Fsp3) is 0.273. The van der Waals surface area contributed by atoms with Crippen LogP contribution in [0.1, 0.15) is 23.1 Å². The van der Waals surface area contributed by atoms with Gasteiger partial charge in [-0.25, -0.2) is 9.37 Å². The number of nitrogens with two attached hydrogens (primary N) is 1. The minimum atomic E-state index is -0.633. The van der Waals surface area contributed by atoms with E-state index in [1.54, 1.807) is 30.5 Å². The third-order valence-electron chi connectivity index (χ3n) is 2.49. The Bertz CT molecular complexity index is 560. The van der Waals surface area contributed by atoms with Gasteiger partial charge in [0.25, 0.3) is 0 Å². The Balaban J connectivity index is 2.69. The molecule has 0 aliphatic carbocycles. The van der Waals surface area contributed by atoms with Crippen molar-refractivity contribution in [2.75, 3.05) is 0 Å². The molecule has 84 valence electrons. The van der Waals surface area contributed by atoms with Crippen LogP contribution in [0.3, 0.4) is 0 Å². The number of carbonyl (C=O) groups excluding carboxylic acids is 1. The third kappa shape index (κ3) is 1.49. The van der Waals surface area contributed by atoms with Crippen molar-refractivity contribution in [3.63, 3.8) is 0 Å². The summed E-state index contributed by atoms with van der Waals surface area (Å²) < 4.78 is 15.0. The third-order valence-corrected chi connectivity index (χ3v) is 2.49. The fourth-order valence-electron chi connectivity index (χ4n) is 1.60. The SMILES string of the molecule is Cc1c(C(=O)C(C)N)nc2c(F)cccn12. The van der Waals surface area contributed by atoms with Crippen molar-refractivity contribution >= 4 is 11.4 Å². The first-order valence-electron chi connectivity index (χ1n) is 4.95. The fourth-order valence-corrected chi connectivity index (χ4v) is 1.60. The first-order valence-corrected chi connectivity index (χ1v) is 4.95. The zero-order chi connectivity index (χ0) is 11.9. The number of Topliss-reactive ketones (excluding diaryl/α,β-unsaturated/α-hetero) is 1. The van der Waals surface area contributed by atoms with Crippen molar-refractivity contribution in [3.05, 3.63) is 35.5 Å². The maximum atomic E-state index is 13.4. The molecule has 0 radical (unpaired) electrons. The molecule has 0 saturated carbocycles. The van der Waals surface area contributed by atoms with Crippen LogP contribution >= 0.6 is 0 Å². The van der Waals surface area contributed by atoms with E-state index in [9.17, 15) is 9.18 Å². The Labute approximate surface area is 91.9 Å². The van der Waals surface area contributed by atoms with Gasteiger partial charge in [0, 0.05) is 6.20 Å². The lowest BCUT2D eigenvalue weighted by molar-refractivity contribution is 0.0963. The van der Waals surface area contributed by atoms with Crippen molar-refractivity contribution in [1.82, 2.24) is 9.38 Å². The Morgan fingerprint density at radius 2 is 2.31 bits per heavy atom. The van der Waals surface area contributed by atoms with Gasteiger partial charge < -0.3 is 10.1 Å². The lowest BCUT2D eigenvalue weighted by Gasteiger charge is -2.01. The molecule has 0 amide bonds. The van der Waals surface area contributed by atoms with Crippen LogP contribution in [0.4, 0.5) is 4.39 Å². The van der Waals surface area contributed by atoms with E-state index >= 15 is 0 Å². The molecule has 0 fully saturated rings. The summed E-state index contributed by atoms with van der Waals surface area (Å²) in [4.78, 5) is 15.7. The van der Waals surface area contributed by atoms with Crippen molar-refractivity contribution in [1.29, 1.82) is 0 Å². The summed E-state index contributed by atoms with van der Waals surface area (Å²) in [6.07, 6.45) is 1.67. The number of hydrogen-bond acceptors (Lipinski definition) is 3. The number of rotatable bonds is 2. The van der Waals surface area contributed by atoms with Crippen molar-refractivity contribution in [2.45, 2.75) is 19.9 Å². The Hall–Kier alpha value is -1.75. The normalized spacial score (nSPS) is 13.0. The van der Waals surface area contributed by atoms with E-state index in [4.69, 9.17) is 5.73 Å². The van der Waals surface area contributed by atoms with Crippen molar-refractivity contribution < 1.29 is 9.18 Å². The standard InChI is InChI=1S/C11H12FN3O/c1-6(13)10(16)9-7(2)15-5-3-4-8(12)11(15)14-9/h3-6H,13H2,1-2H3. The number of halogens is 1. The van der Waals surface area contributed by atoms with Gasteiger partial charge in [-0.15, -0.1) is 0 Å². The Morgan fingerprint density at radius 1 is 1.62 bits per heavy atom. The number of pyridine rings is 1. The predicted molar refractivity (Wildman–Crippen MR) is 57.9 cm³/mol. The minimum Gasteiger partial charge on any atom is -0.321 e. The van der Waals surface area contributed by atoms with Crippen LogP contribution in [0, 0.1) is 12.7 Å². The van der Waals surface area contributed by atoms with E-state index in [-0.39, 0.29) is 17.1 Å². The average Bonchev–Trinajstić information content (AvgIpc) is 2.57. The maximum Gasteiger partial charge on any atom is 0.199 e. The van der Waals surface area contributed by atoms with Crippen LogP contribution in [0.2, 0.25) is 0 Å². The number of carbonyl (C=O) groups is 1. The minimum absolute atomic E-state index is 0.156. The average molecular weight is 221 g/mol. The van der Waals surface area contributed by atoms with Crippen molar-refractivity contribution in [2.24, 2.45) is 5.73 Å².